The molecule has 1 aliphatic rings. The lowest BCUT2D eigenvalue weighted by Crippen LogP contribution is -2.40. The van der Waals surface area contributed by atoms with E-state index in [4.69, 9.17) is 22.7 Å². The smallest absolute Gasteiger partial charge is 0.389 e. The minimum atomic E-state index is -4.48. The van der Waals surface area contributed by atoms with Crippen LogP contribution in [-0.4, -0.2) is 36.3 Å². The number of anilines is 1. The van der Waals surface area contributed by atoms with Crippen LogP contribution in [0.25, 0.3) is 0 Å². The number of hydrogen-bond acceptors (Lipinski definition) is 4. The molecule has 4 nitrogen and oxygen atoms in total. The van der Waals surface area contributed by atoms with Crippen LogP contribution in [0.4, 0.5) is 18.9 Å². The van der Waals surface area contributed by atoms with Gasteiger partial charge in [-0.25, -0.2) is 5.01 Å². The molecule has 3 N–H and O–H groups in total. The number of alkyl halides is 3. The van der Waals surface area contributed by atoms with Gasteiger partial charge in [-0.05, 0) is 18.2 Å². The van der Waals surface area contributed by atoms with Crippen molar-refractivity contribution in [2.45, 2.75) is 6.18 Å². The summed E-state index contributed by atoms with van der Waals surface area (Å²) >= 11 is 4.70. The fourth-order valence-electron chi connectivity index (χ4n) is 1.92. The van der Waals surface area contributed by atoms with Crippen molar-refractivity contribution in [2.75, 3.05) is 31.7 Å². The van der Waals surface area contributed by atoms with Crippen molar-refractivity contribution in [3.63, 3.8) is 0 Å². The first-order chi connectivity index (χ1) is 9.38. The van der Waals surface area contributed by atoms with E-state index in [2.05, 4.69) is 5.43 Å². The summed E-state index contributed by atoms with van der Waals surface area (Å²) in [5, 5.41) is 1.87. The molecular formula is C12H14F3N3OS. The average molecular weight is 305 g/mol. The Morgan fingerprint density at radius 1 is 1.30 bits per heavy atom. The molecule has 0 aliphatic carbocycles. The molecule has 1 aromatic carbocycles. The van der Waals surface area contributed by atoms with E-state index in [1.807, 2.05) is 5.01 Å². The van der Waals surface area contributed by atoms with E-state index in [9.17, 15) is 13.2 Å². The normalized spacial score (nSPS) is 16.9. The first-order valence-corrected chi connectivity index (χ1v) is 6.39. The zero-order valence-corrected chi connectivity index (χ0v) is 11.4. The van der Waals surface area contributed by atoms with Crippen molar-refractivity contribution in [1.82, 2.24) is 5.01 Å². The summed E-state index contributed by atoms with van der Waals surface area (Å²) < 4.78 is 43.7. The first kappa shape index (κ1) is 15.0. The van der Waals surface area contributed by atoms with E-state index in [0.717, 1.165) is 6.07 Å². The van der Waals surface area contributed by atoms with Gasteiger partial charge in [0, 0.05) is 24.3 Å². The van der Waals surface area contributed by atoms with Crippen molar-refractivity contribution >= 4 is 22.9 Å². The quantitative estimate of drug-likeness (QED) is 0.837. The van der Waals surface area contributed by atoms with Gasteiger partial charge in [0.25, 0.3) is 0 Å². The molecule has 0 spiro atoms. The second-order valence-corrected chi connectivity index (χ2v) is 4.77. The van der Waals surface area contributed by atoms with Crippen molar-refractivity contribution in [3.8, 4) is 0 Å². The van der Waals surface area contributed by atoms with Crippen LogP contribution in [0.3, 0.4) is 0 Å². The van der Waals surface area contributed by atoms with Gasteiger partial charge in [0.2, 0.25) is 0 Å². The third-order valence-corrected chi connectivity index (χ3v) is 3.11. The highest BCUT2D eigenvalue weighted by atomic mass is 32.1. The molecule has 1 heterocycles. The maximum absolute atomic E-state index is 12.8. The molecule has 0 radical (unpaired) electrons. The summed E-state index contributed by atoms with van der Waals surface area (Å²) in [5.41, 5.74) is 7.93. The molecule has 8 heteroatoms. The fraction of sp³-hybridized carbons (Fsp3) is 0.417. The highest BCUT2D eigenvalue weighted by Crippen LogP contribution is 2.33. The number of benzene rings is 1. The molecule has 2 rings (SSSR count). The molecule has 0 unspecified atom stereocenters. The van der Waals surface area contributed by atoms with Crippen molar-refractivity contribution in [3.05, 3.63) is 29.3 Å². The third kappa shape index (κ3) is 3.59. The molecule has 0 amide bonds. The lowest BCUT2D eigenvalue weighted by molar-refractivity contribution is -0.137. The summed E-state index contributed by atoms with van der Waals surface area (Å²) in [6.07, 6.45) is -4.48. The van der Waals surface area contributed by atoms with Gasteiger partial charge in [-0.3, -0.25) is 0 Å². The van der Waals surface area contributed by atoms with Gasteiger partial charge in [0.15, 0.2) is 0 Å². The predicted octanol–water partition coefficient (Wildman–Crippen LogP) is 2.00. The molecule has 1 aromatic rings. The molecular weight excluding hydrogens is 291 g/mol. The zero-order chi connectivity index (χ0) is 14.8. The zero-order valence-electron chi connectivity index (χ0n) is 10.5. The summed E-state index contributed by atoms with van der Waals surface area (Å²) in [6.45, 7) is 2.47. The lowest BCUT2D eigenvalue weighted by atomic mass is 10.1. The summed E-state index contributed by atoms with van der Waals surface area (Å²) in [7, 11) is 0. The van der Waals surface area contributed by atoms with Gasteiger partial charge < -0.3 is 15.9 Å². The fourth-order valence-corrected chi connectivity index (χ4v) is 2.09. The number of hydrazine groups is 1. The van der Waals surface area contributed by atoms with Crippen LogP contribution >= 0.6 is 12.2 Å². The van der Waals surface area contributed by atoms with Crippen molar-refractivity contribution in [2.24, 2.45) is 5.73 Å². The maximum Gasteiger partial charge on any atom is 0.417 e. The van der Waals surface area contributed by atoms with E-state index in [1.165, 1.54) is 12.1 Å². The number of thiocarbonyl (C=S) groups is 1. The largest absolute Gasteiger partial charge is 0.417 e. The molecule has 0 atom stereocenters. The Balaban J connectivity index is 2.23. The van der Waals surface area contributed by atoms with E-state index >= 15 is 0 Å². The molecule has 0 aromatic heterocycles. The van der Waals surface area contributed by atoms with Gasteiger partial charge in [0.05, 0.1) is 18.8 Å². The predicted molar refractivity (Wildman–Crippen MR) is 73.3 cm³/mol. The molecule has 1 saturated heterocycles. The van der Waals surface area contributed by atoms with Crippen LogP contribution in [0.1, 0.15) is 11.1 Å². The number of halogens is 3. The Kier molecular flexibility index (Phi) is 4.46. The molecule has 1 fully saturated rings. The highest BCUT2D eigenvalue weighted by Gasteiger charge is 2.34. The van der Waals surface area contributed by atoms with Gasteiger partial charge >= 0.3 is 6.18 Å². The average Bonchev–Trinajstić information content (AvgIpc) is 2.38. The Morgan fingerprint density at radius 2 is 1.95 bits per heavy atom. The lowest BCUT2D eigenvalue weighted by Gasteiger charge is -2.28. The summed E-state index contributed by atoms with van der Waals surface area (Å²) in [5.74, 6) is 0. The second-order valence-electron chi connectivity index (χ2n) is 4.33. The van der Waals surface area contributed by atoms with Crippen molar-refractivity contribution < 1.29 is 17.9 Å². The Bertz CT molecular complexity index is 501. The Labute approximate surface area is 119 Å². The topological polar surface area (TPSA) is 50.5 Å². The van der Waals surface area contributed by atoms with Gasteiger partial charge in [0.1, 0.15) is 4.99 Å². The van der Waals surface area contributed by atoms with Crippen LogP contribution in [0.15, 0.2) is 18.2 Å². The number of nitrogens with zero attached hydrogens (tertiary/aromatic N) is 1. The SMILES string of the molecule is NC(=S)c1cc(NN2CCOCC2)ccc1C(F)(F)F. The highest BCUT2D eigenvalue weighted by molar-refractivity contribution is 7.80. The Morgan fingerprint density at radius 3 is 2.50 bits per heavy atom. The van der Waals surface area contributed by atoms with Gasteiger partial charge in [-0.1, -0.05) is 12.2 Å². The van der Waals surface area contributed by atoms with Gasteiger partial charge in [-0.2, -0.15) is 13.2 Å². The molecule has 110 valence electrons. The molecule has 20 heavy (non-hydrogen) atoms. The van der Waals surface area contributed by atoms with Crippen LogP contribution in [-0.2, 0) is 10.9 Å². The standard InChI is InChI=1S/C12H14F3N3OS/c13-12(14,15)10-2-1-8(7-9(10)11(16)20)17-18-3-5-19-6-4-18/h1-2,7,17H,3-6H2,(H2,16,20). The molecule has 0 bridgehead atoms. The van der Waals surface area contributed by atoms with Crippen LogP contribution in [0.2, 0.25) is 0 Å². The minimum Gasteiger partial charge on any atom is -0.389 e. The number of ether oxygens (including phenoxy) is 1. The van der Waals surface area contributed by atoms with E-state index in [0.29, 0.717) is 32.0 Å². The number of rotatable bonds is 3. The van der Waals surface area contributed by atoms with E-state index in [-0.39, 0.29) is 10.6 Å². The minimum absolute atomic E-state index is 0.175. The number of nitrogens with one attached hydrogen (secondary N) is 1. The number of hydrogen-bond donors (Lipinski definition) is 2. The summed E-state index contributed by atoms with van der Waals surface area (Å²) in [4.78, 5) is -0.275. The van der Waals surface area contributed by atoms with Crippen LogP contribution in [0, 0.1) is 0 Å². The van der Waals surface area contributed by atoms with Crippen molar-refractivity contribution in [1.29, 1.82) is 0 Å². The molecule has 1 aliphatic heterocycles. The first-order valence-electron chi connectivity index (χ1n) is 5.98. The van der Waals surface area contributed by atoms with Gasteiger partial charge in [-0.15, -0.1) is 0 Å². The van der Waals surface area contributed by atoms with Crippen LogP contribution in [0.5, 0.6) is 0 Å². The monoisotopic (exact) mass is 305 g/mol. The molecule has 0 saturated carbocycles. The maximum atomic E-state index is 12.8. The van der Waals surface area contributed by atoms with E-state index < -0.39 is 11.7 Å². The Hall–Kier alpha value is -1.38. The second kappa shape index (κ2) is 5.94. The third-order valence-electron chi connectivity index (χ3n) is 2.89. The number of nitrogens with two attached hydrogens (primary N) is 1. The van der Waals surface area contributed by atoms with Crippen LogP contribution < -0.4 is 11.2 Å². The number of morpholine rings is 1. The summed E-state index contributed by atoms with van der Waals surface area (Å²) in [6, 6.07) is 3.66. The van der Waals surface area contributed by atoms with E-state index in [1.54, 1.807) is 0 Å².